The van der Waals surface area contributed by atoms with Crippen LogP contribution in [-0.2, 0) is 15.1 Å². The Hall–Kier alpha value is -3.10. The van der Waals surface area contributed by atoms with Crippen molar-refractivity contribution in [1.29, 1.82) is 0 Å². The average Bonchev–Trinajstić information content (AvgIpc) is 3.25. The van der Waals surface area contributed by atoms with Crippen molar-refractivity contribution in [3.05, 3.63) is 29.8 Å². The molecule has 6 amide bonds. The number of rotatable bonds is 3. The molecule has 1 aromatic rings. The topological polar surface area (TPSA) is 117 Å². The van der Waals surface area contributed by atoms with E-state index in [0.29, 0.717) is 11.3 Å². The summed E-state index contributed by atoms with van der Waals surface area (Å²) in [4.78, 5) is 50.5. The number of carbonyl (C=O) groups excluding carboxylic acids is 4. The third-order valence-corrected chi connectivity index (χ3v) is 5.50. The molecule has 3 N–H and O–H groups in total. The first-order valence-corrected chi connectivity index (χ1v) is 9.46. The van der Waals surface area contributed by atoms with Crippen molar-refractivity contribution in [3.8, 4) is 5.75 Å². The molecule has 0 bridgehead atoms. The molecule has 2 aliphatic heterocycles. The van der Waals surface area contributed by atoms with Crippen LogP contribution in [0.5, 0.6) is 5.75 Å². The molecule has 1 unspecified atom stereocenters. The second-order valence-electron chi connectivity index (χ2n) is 7.32. The molecule has 28 heavy (non-hydrogen) atoms. The molecular weight excluding hydrogens is 364 g/mol. The summed E-state index contributed by atoms with van der Waals surface area (Å²) in [6.45, 7) is -0.250. The summed E-state index contributed by atoms with van der Waals surface area (Å²) in [5, 5.41) is 7.65. The first-order chi connectivity index (χ1) is 13.5. The van der Waals surface area contributed by atoms with E-state index < -0.39 is 36.0 Å². The van der Waals surface area contributed by atoms with Gasteiger partial charge in [-0.05, 0) is 18.9 Å². The van der Waals surface area contributed by atoms with Gasteiger partial charge in [0.2, 0.25) is 5.91 Å². The molecule has 2 heterocycles. The third kappa shape index (κ3) is 3.17. The number of nitrogens with one attached hydrogen (secondary N) is 3. The lowest BCUT2D eigenvalue weighted by Gasteiger charge is -2.33. The Bertz CT molecular complexity index is 835. The molecule has 1 spiro atoms. The fraction of sp³-hybridized carbons (Fsp3) is 0.474. The Kier molecular flexibility index (Phi) is 4.66. The van der Waals surface area contributed by atoms with Gasteiger partial charge in [0.15, 0.2) is 5.54 Å². The molecule has 3 aliphatic rings. The average molecular weight is 386 g/mol. The summed E-state index contributed by atoms with van der Waals surface area (Å²) in [5.74, 6) is -0.694. The van der Waals surface area contributed by atoms with Gasteiger partial charge in [0.1, 0.15) is 12.3 Å². The number of nitrogens with zero attached hydrogens (tertiary/aromatic N) is 1. The Morgan fingerprint density at radius 1 is 1.21 bits per heavy atom. The standard InChI is InChI=1S/C19H22N4O5/c24-15(21-17(26)20-12-5-1-2-6-12)11-23-16(25)19(22-18(23)27)9-10-28-14-8-4-3-7-13(14)19/h3-4,7-8,12H,1-2,5-6,9-11H2,(H,22,27)(H2,20,21,24,26). The van der Waals surface area contributed by atoms with E-state index in [9.17, 15) is 19.2 Å². The molecular formula is C19H22N4O5. The molecule has 9 heteroatoms. The van der Waals surface area contributed by atoms with Crippen LogP contribution >= 0.6 is 0 Å². The zero-order chi connectivity index (χ0) is 19.7. The van der Waals surface area contributed by atoms with Gasteiger partial charge in [0, 0.05) is 18.0 Å². The normalized spacial score (nSPS) is 23.9. The van der Waals surface area contributed by atoms with Gasteiger partial charge in [-0.3, -0.25) is 19.8 Å². The van der Waals surface area contributed by atoms with Gasteiger partial charge in [-0.1, -0.05) is 31.0 Å². The number of ether oxygens (including phenoxy) is 1. The van der Waals surface area contributed by atoms with E-state index >= 15 is 0 Å². The van der Waals surface area contributed by atoms with Crippen LogP contribution in [-0.4, -0.2) is 48.0 Å². The van der Waals surface area contributed by atoms with E-state index in [4.69, 9.17) is 4.74 Å². The van der Waals surface area contributed by atoms with Crippen LogP contribution in [0.1, 0.15) is 37.7 Å². The smallest absolute Gasteiger partial charge is 0.325 e. The molecule has 1 aromatic carbocycles. The maximum Gasteiger partial charge on any atom is 0.325 e. The summed E-state index contributed by atoms with van der Waals surface area (Å²) in [5.41, 5.74) is -0.667. The van der Waals surface area contributed by atoms with E-state index in [1.165, 1.54) is 0 Å². The van der Waals surface area contributed by atoms with Gasteiger partial charge < -0.3 is 15.4 Å². The third-order valence-electron chi connectivity index (χ3n) is 5.50. The van der Waals surface area contributed by atoms with E-state index in [1.54, 1.807) is 24.3 Å². The van der Waals surface area contributed by atoms with Crippen molar-refractivity contribution in [2.45, 2.75) is 43.7 Å². The molecule has 0 aromatic heterocycles. The molecule has 1 saturated heterocycles. The maximum absolute atomic E-state index is 13.1. The second kappa shape index (κ2) is 7.14. The zero-order valence-electron chi connectivity index (χ0n) is 15.3. The number of para-hydroxylation sites is 1. The largest absolute Gasteiger partial charge is 0.493 e. The minimum absolute atomic E-state index is 0.0616. The van der Waals surface area contributed by atoms with Gasteiger partial charge in [-0.25, -0.2) is 9.59 Å². The van der Waals surface area contributed by atoms with Gasteiger partial charge in [-0.2, -0.15) is 0 Å². The van der Waals surface area contributed by atoms with Gasteiger partial charge >= 0.3 is 12.1 Å². The Morgan fingerprint density at radius 2 is 1.96 bits per heavy atom. The van der Waals surface area contributed by atoms with Crippen LogP contribution in [0.25, 0.3) is 0 Å². The quantitative estimate of drug-likeness (QED) is 0.670. The van der Waals surface area contributed by atoms with Crippen molar-refractivity contribution < 1.29 is 23.9 Å². The van der Waals surface area contributed by atoms with Gasteiger partial charge in [0.25, 0.3) is 5.91 Å². The van der Waals surface area contributed by atoms with Crippen molar-refractivity contribution in [2.24, 2.45) is 0 Å². The zero-order valence-corrected chi connectivity index (χ0v) is 15.3. The van der Waals surface area contributed by atoms with E-state index in [-0.39, 0.29) is 19.1 Å². The molecule has 1 saturated carbocycles. The fourth-order valence-electron chi connectivity index (χ4n) is 4.12. The number of hydrogen-bond acceptors (Lipinski definition) is 5. The van der Waals surface area contributed by atoms with E-state index in [2.05, 4.69) is 16.0 Å². The lowest BCUT2D eigenvalue weighted by Crippen LogP contribution is -2.49. The van der Waals surface area contributed by atoms with Crippen LogP contribution < -0.4 is 20.7 Å². The first-order valence-electron chi connectivity index (χ1n) is 9.46. The highest BCUT2D eigenvalue weighted by Crippen LogP contribution is 2.40. The number of fused-ring (bicyclic) bond motifs is 2. The van der Waals surface area contributed by atoms with Gasteiger partial charge in [-0.15, -0.1) is 0 Å². The van der Waals surface area contributed by atoms with Crippen molar-refractivity contribution >= 4 is 23.9 Å². The van der Waals surface area contributed by atoms with E-state index in [1.807, 2.05) is 0 Å². The van der Waals surface area contributed by atoms with Crippen LogP contribution in [0, 0.1) is 0 Å². The Balaban J connectivity index is 1.43. The highest BCUT2D eigenvalue weighted by Gasteiger charge is 2.55. The van der Waals surface area contributed by atoms with E-state index in [0.717, 1.165) is 30.6 Å². The number of benzene rings is 1. The highest BCUT2D eigenvalue weighted by molar-refractivity contribution is 6.10. The minimum atomic E-state index is -1.24. The second-order valence-corrected chi connectivity index (χ2v) is 7.32. The van der Waals surface area contributed by atoms with Crippen LogP contribution in [0.15, 0.2) is 24.3 Å². The molecule has 1 aliphatic carbocycles. The monoisotopic (exact) mass is 386 g/mol. The summed E-state index contributed by atoms with van der Waals surface area (Å²) < 4.78 is 5.57. The van der Waals surface area contributed by atoms with Crippen molar-refractivity contribution in [2.75, 3.05) is 13.2 Å². The van der Waals surface area contributed by atoms with Gasteiger partial charge in [0.05, 0.1) is 6.61 Å². The van der Waals surface area contributed by atoms with Crippen molar-refractivity contribution in [3.63, 3.8) is 0 Å². The molecule has 2 fully saturated rings. The summed E-state index contributed by atoms with van der Waals surface area (Å²) >= 11 is 0. The van der Waals surface area contributed by atoms with Crippen molar-refractivity contribution in [1.82, 2.24) is 20.9 Å². The molecule has 0 radical (unpaired) electrons. The predicted octanol–water partition coefficient (Wildman–Crippen LogP) is 0.985. The SMILES string of the molecule is O=C(CN1C(=O)NC2(CCOc3ccccc32)C1=O)NC(=O)NC1CCCC1. The van der Waals surface area contributed by atoms with Crippen LogP contribution in [0.3, 0.4) is 0 Å². The Morgan fingerprint density at radius 3 is 2.75 bits per heavy atom. The maximum atomic E-state index is 13.1. The Labute approximate surface area is 161 Å². The summed E-state index contributed by atoms with van der Waals surface area (Å²) in [6.07, 6.45) is 4.15. The molecule has 4 rings (SSSR count). The number of hydrogen-bond donors (Lipinski definition) is 3. The van der Waals surface area contributed by atoms with Crippen LogP contribution in [0.2, 0.25) is 0 Å². The first kappa shape index (κ1) is 18.3. The fourth-order valence-corrected chi connectivity index (χ4v) is 4.12. The number of amides is 6. The highest BCUT2D eigenvalue weighted by atomic mass is 16.5. The van der Waals surface area contributed by atoms with Crippen LogP contribution in [0.4, 0.5) is 9.59 Å². The summed E-state index contributed by atoms with van der Waals surface area (Å²) in [6, 6.07) is 5.81. The molecule has 9 nitrogen and oxygen atoms in total. The minimum Gasteiger partial charge on any atom is -0.493 e. The summed E-state index contributed by atoms with van der Waals surface area (Å²) in [7, 11) is 0. The lowest BCUT2D eigenvalue weighted by atomic mass is 9.84. The molecule has 148 valence electrons. The number of imide groups is 2. The number of carbonyl (C=O) groups is 4. The molecule has 1 atom stereocenters. The number of urea groups is 2. The lowest BCUT2D eigenvalue weighted by molar-refractivity contribution is -0.135. The predicted molar refractivity (Wildman–Crippen MR) is 97.4 cm³/mol.